The maximum absolute atomic E-state index is 12.2. The Kier molecular flexibility index (Phi) is 3.85. The number of sulfonamides is 1. The Bertz CT molecular complexity index is 505. The van der Waals surface area contributed by atoms with Gasteiger partial charge < -0.3 is 10.6 Å². The first kappa shape index (κ1) is 13.7. The molecule has 0 aliphatic carbocycles. The highest BCUT2D eigenvalue weighted by atomic mass is 32.2. The van der Waals surface area contributed by atoms with Crippen LogP contribution in [0, 0.1) is 0 Å². The molecular formula is C9H17N5O2S2. The smallest absolute Gasteiger partial charge is 0.272 e. The maximum atomic E-state index is 12.2. The van der Waals surface area contributed by atoms with Crippen LogP contribution >= 0.6 is 11.3 Å². The molecule has 9 heteroatoms. The van der Waals surface area contributed by atoms with E-state index in [0.717, 1.165) is 24.2 Å². The van der Waals surface area contributed by atoms with Crippen LogP contribution in [0.4, 0.5) is 5.13 Å². The van der Waals surface area contributed by atoms with Crippen molar-refractivity contribution in [1.82, 2.24) is 19.4 Å². The number of nitrogens with two attached hydrogens (primary N) is 1. The van der Waals surface area contributed by atoms with E-state index in [2.05, 4.69) is 15.1 Å². The standard InChI is InChI=1S/C9H17N5O2S2/c1-13(2)7-3-5-14(6-4-7)18(15,16)9-12-11-8(10)17-9/h7H,3-6H2,1-2H3,(H2,10,11). The minimum atomic E-state index is -3.51. The predicted octanol–water partition coefficient (Wildman–Crippen LogP) is -0.165. The molecule has 0 amide bonds. The van der Waals surface area contributed by atoms with Crippen molar-refractivity contribution in [2.75, 3.05) is 32.9 Å². The maximum Gasteiger partial charge on any atom is 0.272 e. The van der Waals surface area contributed by atoms with Gasteiger partial charge in [-0.1, -0.05) is 11.3 Å². The second kappa shape index (κ2) is 5.08. The summed E-state index contributed by atoms with van der Waals surface area (Å²) in [7, 11) is 0.518. The second-order valence-electron chi connectivity index (χ2n) is 4.51. The zero-order valence-electron chi connectivity index (χ0n) is 10.4. The van der Waals surface area contributed by atoms with E-state index >= 15 is 0 Å². The van der Waals surface area contributed by atoms with Gasteiger partial charge in [-0.3, -0.25) is 0 Å². The number of nitrogens with zero attached hydrogens (tertiary/aromatic N) is 4. The minimum absolute atomic E-state index is 0.0108. The summed E-state index contributed by atoms with van der Waals surface area (Å²) in [6.07, 6.45) is 1.67. The van der Waals surface area contributed by atoms with E-state index in [-0.39, 0.29) is 9.47 Å². The molecular weight excluding hydrogens is 274 g/mol. The lowest BCUT2D eigenvalue weighted by Crippen LogP contribution is -2.44. The third kappa shape index (κ3) is 2.63. The number of aromatic nitrogens is 2. The highest BCUT2D eigenvalue weighted by molar-refractivity contribution is 7.91. The van der Waals surface area contributed by atoms with Crippen LogP contribution in [-0.2, 0) is 10.0 Å². The predicted molar refractivity (Wildman–Crippen MR) is 69.8 cm³/mol. The molecule has 1 aliphatic heterocycles. The molecule has 0 saturated carbocycles. The van der Waals surface area contributed by atoms with Crippen LogP contribution in [0.15, 0.2) is 4.34 Å². The van der Waals surface area contributed by atoms with Crippen molar-refractivity contribution in [3.63, 3.8) is 0 Å². The van der Waals surface area contributed by atoms with Crippen molar-refractivity contribution in [2.45, 2.75) is 23.2 Å². The van der Waals surface area contributed by atoms with Gasteiger partial charge in [-0.2, -0.15) is 4.31 Å². The molecule has 0 atom stereocenters. The van der Waals surface area contributed by atoms with E-state index in [1.165, 1.54) is 4.31 Å². The van der Waals surface area contributed by atoms with Crippen LogP contribution in [0.1, 0.15) is 12.8 Å². The summed E-state index contributed by atoms with van der Waals surface area (Å²) in [5, 5.41) is 7.35. The van der Waals surface area contributed by atoms with Crippen molar-refractivity contribution in [3.05, 3.63) is 0 Å². The van der Waals surface area contributed by atoms with E-state index in [4.69, 9.17) is 5.73 Å². The SMILES string of the molecule is CN(C)C1CCN(S(=O)(=O)c2nnc(N)s2)CC1. The zero-order chi connectivity index (χ0) is 13.3. The average Bonchev–Trinajstić information content (AvgIpc) is 2.76. The Hall–Kier alpha value is -0.770. The van der Waals surface area contributed by atoms with Crippen molar-refractivity contribution in [1.29, 1.82) is 0 Å². The van der Waals surface area contributed by atoms with Crippen molar-refractivity contribution in [2.24, 2.45) is 0 Å². The van der Waals surface area contributed by atoms with Crippen molar-refractivity contribution >= 4 is 26.5 Å². The van der Waals surface area contributed by atoms with E-state index in [9.17, 15) is 8.42 Å². The molecule has 2 heterocycles. The van der Waals surface area contributed by atoms with Gasteiger partial charge >= 0.3 is 0 Å². The molecule has 0 spiro atoms. The highest BCUT2D eigenvalue weighted by Gasteiger charge is 2.32. The van der Waals surface area contributed by atoms with Gasteiger partial charge in [-0.25, -0.2) is 8.42 Å². The molecule has 1 aliphatic rings. The zero-order valence-corrected chi connectivity index (χ0v) is 12.0. The molecule has 0 aromatic carbocycles. The second-order valence-corrected chi connectivity index (χ2v) is 7.63. The fourth-order valence-electron chi connectivity index (χ4n) is 2.03. The number of nitrogen functional groups attached to an aromatic ring is 1. The van der Waals surface area contributed by atoms with Crippen LogP contribution < -0.4 is 5.73 Å². The van der Waals surface area contributed by atoms with Gasteiger partial charge in [-0.15, -0.1) is 10.2 Å². The molecule has 0 radical (unpaired) electrons. The largest absolute Gasteiger partial charge is 0.374 e. The lowest BCUT2D eigenvalue weighted by atomic mass is 10.1. The fourth-order valence-corrected chi connectivity index (χ4v) is 4.43. The minimum Gasteiger partial charge on any atom is -0.374 e. The number of anilines is 1. The molecule has 1 fully saturated rings. The summed E-state index contributed by atoms with van der Waals surface area (Å²) in [5.74, 6) is 0. The van der Waals surface area contributed by atoms with Crippen LogP contribution in [0.5, 0.6) is 0 Å². The van der Waals surface area contributed by atoms with Crippen molar-refractivity contribution in [3.8, 4) is 0 Å². The normalized spacial score (nSPS) is 19.5. The summed E-state index contributed by atoms with van der Waals surface area (Å²) >= 11 is 0.911. The molecule has 18 heavy (non-hydrogen) atoms. The highest BCUT2D eigenvalue weighted by Crippen LogP contribution is 2.24. The van der Waals surface area contributed by atoms with Gasteiger partial charge in [-0.05, 0) is 26.9 Å². The summed E-state index contributed by atoms with van der Waals surface area (Å²) in [5.41, 5.74) is 5.42. The Balaban J connectivity index is 2.09. The first-order valence-corrected chi connectivity index (χ1v) is 7.92. The van der Waals surface area contributed by atoms with Gasteiger partial charge in [0, 0.05) is 19.1 Å². The Morgan fingerprint density at radius 2 is 1.94 bits per heavy atom. The first-order valence-electron chi connectivity index (χ1n) is 5.67. The lowest BCUT2D eigenvalue weighted by molar-refractivity contribution is 0.196. The summed E-state index contributed by atoms with van der Waals surface area (Å²) in [6.45, 7) is 1.04. The van der Waals surface area contributed by atoms with E-state index in [1.54, 1.807) is 0 Å². The van der Waals surface area contributed by atoms with E-state index in [1.807, 2.05) is 14.1 Å². The van der Waals surface area contributed by atoms with Gasteiger partial charge in [0.1, 0.15) is 0 Å². The first-order chi connectivity index (χ1) is 8.41. The lowest BCUT2D eigenvalue weighted by Gasteiger charge is -2.33. The summed E-state index contributed by atoms with van der Waals surface area (Å²) < 4.78 is 25.9. The molecule has 1 saturated heterocycles. The summed E-state index contributed by atoms with van der Waals surface area (Å²) in [6, 6.07) is 0.441. The molecule has 1 aromatic heterocycles. The molecule has 7 nitrogen and oxygen atoms in total. The number of hydrogen-bond donors (Lipinski definition) is 1. The average molecular weight is 291 g/mol. The number of piperidine rings is 1. The monoisotopic (exact) mass is 291 g/mol. The van der Waals surface area contributed by atoms with Crippen LogP contribution in [0.2, 0.25) is 0 Å². The molecule has 0 bridgehead atoms. The Morgan fingerprint density at radius 1 is 1.33 bits per heavy atom. The number of hydrogen-bond acceptors (Lipinski definition) is 7. The Labute approximate surface area is 111 Å². The third-order valence-electron chi connectivity index (χ3n) is 3.14. The Morgan fingerprint density at radius 3 is 2.39 bits per heavy atom. The van der Waals surface area contributed by atoms with Crippen LogP contribution in [0.3, 0.4) is 0 Å². The van der Waals surface area contributed by atoms with Crippen LogP contribution in [-0.4, -0.2) is 61.0 Å². The van der Waals surface area contributed by atoms with E-state index in [0.29, 0.717) is 19.1 Å². The van der Waals surface area contributed by atoms with E-state index < -0.39 is 10.0 Å². The topological polar surface area (TPSA) is 92.4 Å². The number of rotatable bonds is 3. The third-order valence-corrected chi connectivity index (χ3v) is 6.13. The molecule has 0 unspecified atom stereocenters. The quantitative estimate of drug-likeness (QED) is 0.831. The van der Waals surface area contributed by atoms with Gasteiger partial charge in [0.15, 0.2) is 0 Å². The van der Waals surface area contributed by atoms with Gasteiger partial charge in [0.2, 0.25) is 9.47 Å². The van der Waals surface area contributed by atoms with Gasteiger partial charge in [0.05, 0.1) is 0 Å². The van der Waals surface area contributed by atoms with Crippen LogP contribution in [0.25, 0.3) is 0 Å². The molecule has 1 aromatic rings. The summed E-state index contributed by atoms with van der Waals surface area (Å²) in [4.78, 5) is 2.13. The fraction of sp³-hybridized carbons (Fsp3) is 0.778. The van der Waals surface area contributed by atoms with Gasteiger partial charge in [0.25, 0.3) is 10.0 Å². The molecule has 2 N–H and O–H groups in total. The molecule has 102 valence electrons. The molecule has 2 rings (SSSR count). The van der Waals surface area contributed by atoms with Crippen molar-refractivity contribution < 1.29 is 8.42 Å².